The molecule has 4 nitrogen and oxygen atoms in total. The summed E-state index contributed by atoms with van der Waals surface area (Å²) < 4.78 is 4.32. The van der Waals surface area contributed by atoms with Crippen LogP contribution in [-0.2, 0) is 7.05 Å². The number of rotatable bonds is 1. The topological polar surface area (TPSA) is 39.3 Å². The van der Waals surface area contributed by atoms with Crippen molar-refractivity contribution < 1.29 is 0 Å². The molecule has 0 atom stereocenters. The molecule has 18 heavy (non-hydrogen) atoms. The second-order valence-electron chi connectivity index (χ2n) is 4.05. The Balaban J connectivity index is 2.22. The van der Waals surface area contributed by atoms with Gasteiger partial charge in [-0.25, -0.2) is 4.52 Å². The first-order chi connectivity index (χ1) is 8.65. The van der Waals surface area contributed by atoms with Crippen LogP contribution in [0.5, 0.6) is 0 Å². The number of aromatic nitrogens is 3. The molecule has 5 heteroatoms. The predicted molar refractivity (Wildman–Crippen MR) is 73.6 cm³/mol. The Bertz CT molecular complexity index is 771. The van der Waals surface area contributed by atoms with Crippen molar-refractivity contribution in [2.24, 2.45) is 7.05 Å². The van der Waals surface area contributed by atoms with Crippen LogP contribution in [-0.4, -0.2) is 14.2 Å². The average Bonchev–Trinajstić information content (AvgIpc) is 2.80. The molecule has 3 rings (SSSR count). The minimum Gasteiger partial charge on any atom is -0.296 e. The molecule has 0 aliphatic heterocycles. The molecule has 0 spiro atoms. The Kier molecular flexibility index (Phi) is 2.56. The molecule has 0 saturated carbocycles. The van der Waals surface area contributed by atoms with E-state index in [1.54, 1.807) is 22.3 Å². The van der Waals surface area contributed by atoms with Gasteiger partial charge in [0.15, 0.2) is 0 Å². The van der Waals surface area contributed by atoms with E-state index in [0.717, 1.165) is 21.4 Å². The number of fused-ring (bicyclic) bond motifs is 1. The van der Waals surface area contributed by atoms with Gasteiger partial charge >= 0.3 is 0 Å². The number of aryl methyl sites for hydroxylation is 1. The predicted octanol–water partition coefficient (Wildman–Crippen LogP) is 2.46. The van der Waals surface area contributed by atoms with Crippen molar-refractivity contribution in [3.05, 3.63) is 57.4 Å². The van der Waals surface area contributed by atoms with Gasteiger partial charge in [0.1, 0.15) is 5.65 Å². The third-order valence-corrected chi connectivity index (χ3v) is 3.42. The van der Waals surface area contributed by atoms with E-state index in [1.165, 1.54) is 6.07 Å². The number of benzene rings is 1. The fraction of sp³-hybridized carbons (Fsp3) is 0.0769. The maximum absolute atomic E-state index is 11.5. The zero-order valence-corrected chi connectivity index (χ0v) is 11.3. The lowest BCUT2D eigenvalue weighted by atomic mass is 10.2. The summed E-state index contributed by atoms with van der Waals surface area (Å²) in [5, 5.41) is 4.46. The fourth-order valence-electron chi connectivity index (χ4n) is 1.87. The molecule has 0 N–H and O–H groups in total. The van der Waals surface area contributed by atoms with Crippen molar-refractivity contribution in [2.45, 2.75) is 0 Å². The lowest BCUT2D eigenvalue weighted by Crippen LogP contribution is -2.17. The van der Waals surface area contributed by atoms with E-state index < -0.39 is 0 Å². The normalized spacial score (nSPS) is 11.0. The summed E-state index contributed by atoms with van der Waals surface area (Å²) in [6, 6.07) is 11.3. The molecule has 0 aliphatic rings. The summed E-state index contributed by atoms with van der Waals surface area (Å²) in [4.78, 5) is 11.5. The summed E-state index contributed by atoms with van der Waals surface area (Å²) in [5.74, 6) is 0. The van der Waals surface area contributed by atoms with Gasteiger partial charge in [0.2, 0.25) is 0 Å². The van der Waals surface area contributed by atoms with Gasteiger partial charge in [0.25, 0.3) is 5.56 Å². The molecule has 0 radical (unpaired) electrons. The van der Waals surface area contributed by atoms with E-state index in [-0.39, 0.29) is 5.56 Å². The molecular weight excluding hydrogens is 294 g/mol. The summed E-state index contributed by atoms with van der Waals surface area (Å²) in [6.45, 7) is 0. The van der Waals surface area contributed by atoms with Gasteiger partial charge in [-0.2, -0.15) is 5.10 Å². The van der Waals surface area contributed by atoms with Crippen LogP contribution in [0.25, 0.3) is 16.9 Å². The average molecular weight is 304 g/mol. The fourth-order valence-corrected chi connectivity index (χ4v) is 2.13. The minimum atomic E-state index is -0.0373. The minimum absolute atomic E-state index is 0.0373. The van der Waals surface area contributed by atoms with Crippen LogP contribution >= 0.6 is 15.9 Å². The molecular formula is C13H10BrN3O. The lowest BCUT2D eigenvalue weighted by Gasteiger charge is -1.97. The van der Waals surface area contributed by atoms with Gasteiger partial charge in [-0.1, -0.05) is 28.1 Å². The maximum atomic E-state index is 11.5. The van der Waals surface area contributed by atoms with E-state index in [0.29, 0.717) is 0 Å². The summed E-state index contributed by atoms with van der Waals surface area (Å²) in [6.07, 6.45) is 1.68. The van der Waals surface area contributed by atoms with Gasteiger partial charge in [0.05, 0.1) is 5.69 Å². The van der Waals surface area contributed by atoms with Gasteiger partial charge in [-0.3, -0.25) is 9.36 Å². The van der Waals surface area contributed by atoms with Crippen molar-refractivity contribution in [2.75, 3.05) is 0 Å². The van der Waals surface area contributed by atoms with Gasteiger partial charge in [0, 0.05) is 35.4 Å². The van der Waals surface area contributed by atoms with Crippen LogP contribution in [0.3, 0.4) is 0 Å². The highest BCUT2D eigenvalue weighted by atomic mass is 79.9. The Labute approximate surface area is 112 Å². The molecule has 0 saturated heterocycles. The van der Waals surface area contributed by atoms with Gasteiger partial charge in [-0.15, -0.1) is 0 Å². The van der Waals surface area contributed by atoms with E-state index in [2.05, 4.69) is 21.0 Å². The largest absolute Gasteiger partial charge is 0.296 e. The zero-order chi connectivity index (χ0) is 12.7. The van der Waals surface area contributed by atoms with Crippen LogP contribution in [0.2, 0.25) is 0 Å². The van der Waals surface area contributed by atoms with Crippen molar-refractivity contribution in [1.82, 2.24) is 14.2 Å². The molecule has 3 aromatic rings. The smallest absolute Gasteiger partial charge is 0.253 e. The van der Waals surface area contributed by atoms with E-state index in [9.17, 15) is 4.79 Å². The number of halogens is 1. The SMILES string of the molecule is Cn1c(=O)ccn2nc(-c3ccc(Br)cc3)cc12. The van der Waals surface area contributed by atoms with E-state index in [4.69, 9.17) is 0 Å². The highest BCUT2D eigenvalue weighted by Crippen LogP contribution is 2.21. The lowest BCUT2D eigenvalue weighted by molar-refractivity contribution is 0.821. The number of hydrogen-bond donors (Lipinski definition) is 0. The van der Waals surface area contributed by atoms with Crippen LogP contribution in [0.1, 0.15) is 0 Å². The molecule has 0 unspecified atom stereocenters. The van der Waals surface area contributed by atoms with Crippen LogP contribution in [0.15, 0.2) is 51.9 Å². The quantitative estimate of drug-likeness (QED) is 0.693. The molecule has 2 aromatic heterocycles. The second kappa shape index (κ2) is 4.10. The first-order valence-electron chi connectivity index (χ1n) is 5.46. The molecule has 1 aromatic carbocycles. The Morgan fingerprint density at radius 1 is 1.17 bits per heavy atom. The van der Waals surface area contributed by atoms with Crippen molar-refractivity contribution in [3.8, 4) is 11.3 Å². The van der Waals surface area contributed by atoms with Crippen molar-refractivity contribution >= 4 is 21.6 Å². The van der Waals surface area contributed by atoms with Gasteiger partial charge in [-0.05, 0) is 12.1 Å². The molecule has 2 heterocycles. The standard InChI is InChI=1S/C13H10BrN3O/c1-16-12-8-11(9-2-4-10(14)5-3-9)15-17(12)7-6-13(16)18/h2-8H,1H3. The van der Waals surface area contributed by atoms with Crippen LogP contribution in [0.4, 0.5) is 0 Å². The first kappa shape index (κ1) is 11.2. The number of hydrogen-bond acceptors (Lipinski definition) is 2. The van der Waals surface area contributed by atoms with Crippen molar-refractivity contribution in [3.63, 3.8) is 0 Å². The molecule has 0 bridgehead atoms. The summed E-state index contributed by atoms with van der Waals surface area (Å²) in [5.41, 5.74) is 2.61. The van der Waals surface area contributed by atoms with E-state index in [1.807, 2.05) is 30.3 Å². The Morgan fingerprint density at radius 2 is 1.89 bits per heavy atom. The molecule has 0 amide bonds. The van der Waals surface area contributed by atoms with Crippen LogP contribution < -0.4 is 5.56 Å². The van der Waals surface area contributed by atoms with Crippen molar-refractivity contribution in [1.29, 1.82) is 0 Å². The monoisotopic (exact) mass is 303 g/mol. The maximum Gasteiger partial charge on any atom is 0.253 e. The molecule has 0 aliphatic carbocycles. The first-order valence-corrected chi connectivity index (χ1v) is 6.26. The molecule has 90 valence electrons. The Morgan fingerprint density at radius 3 is 2.61 bits per heavy atom. The third-order valence-electron chi connectivity index (χ3n) is 2.89. The Hall–Kier alpha value is -1.88. The third kappa shape index (κ3) is 1.76. The molecule has 0 fully saturated rings. The van der Waals surface area contributed by atoms with Gasteiger partial charge < -0.3 is 0 Å². The highest BCUT2D eigenvalue weighted by Gasteiger charge is 2.06. The number of nitrogens with zero attached hydrogens (tertiary/aromatic N) is 3. The van der Waals surface area contributed by atoms with E-state index >= 15 is 0 Å². The summed E-state index contributed by atoms with van der Waals surface area (Å²) >= 11 is 3.40. The zero-order valence-electron chi connectivity index (χ0n) is 9.67. The second-order valence-corrected chi connectivity index (χ2v) is 4.97. The summed E-state index contributed by atoms with van der Waals surface area (Å²) in [7, 11) is 1.74. The van der Waals surface area contributed by atoms with Crippen LogP contribution in [0, 0.1) is 0 Å². The highest BCUT2D eigenvalue weighted by molar-refractivity contribution is 9.10.